The van der Waals surface area contributed by atoms with E-state index in [1.165, 1.54) is 25.0 Å². The van der Waals surface area contributed by atoms with Crippen molar-refractivity contribution >= 4 is 23.2 Å². The zero-order valence-electron chi connectivity index (χ0n) is 9.11. The second kappa shape index (κ2) is 4.93. The summed E-state index contributed by atoms with van der Waals surface area (Å²) < 4.78 is 13.2. The highest BCUT2D eigenvalue weighted by atomic mass is 35.5. The molecule has 1 aliphatic rings. The van der Waals surface area contributed by atoms with Crippen LogP contribution in [0.1, 0.15) is 31.2 Å². The lowest BCUT2D eigenvalue weighted by atomic mass is 9.82. The van der Waals surface area contributed by atoms with Gasteiger partial charge in [-0.05, 0) is 48.4 Å². The second-order valence-electron chi connectivity index (χ2n) is 4.75. The van der Waals surface area contributed by atoms with E-state index in [0.29, 0.717) is 10.9 Å². The van der Waals surface area contributed by atoms with Gasteiger partial charge in [-0.3, -0.25) is 0 Å². The Morgan fingerprint density at radius 1 is 1.25 bits per heavy atom. The molecule has 0 saturated heterocycles. The highest BCUT2D eigenvalue weighted by Gasteiger charge is 2.33. The standard InChI is InChI=1S/C13H15Cl2F/c14-9-13(5-1-2-6-13)8-10-7-11(16)3-4-12(10)15/h3-4,7H,1-2,5-6,8-9H2. The highest BCUT2D eigenvalue weighted by Crippen LogP contribution is 2.42. The van der Waals surface area contributed by atoms with Crippen LogP contribution in [-0.2, 0) is 6.42 Å². The van der Waals surface area contributed by atoms with Crippen LogP contribution in [0, 0.1) is 11.2 Å². The molecule has 0 bridgehead atoms. The monoisotopic (exact) mass is 260 g/mol. The Morgan fingerprint density at radius 2 is 1.94 bits per heavy atom. The van der Waals surface area contributed by atoms with Crippen LogP contribution in [0.3, 0.4) is 0 Å². The van der Waals surface area contributed by atoms with Crippen molar-refractivity contribution in [2.45, 2.75) is 32.1 Å². The van der Waals surface area contributed by atoms with Crippen molar-refractivity contribution in [1.29, 1.82) is 0 Å². The molecule has 0 radical (unpaired) electrons. The third kappa shape index (κ3) is 2.52. The molecule has 88 valence electrons. The zero-order chi connectivity index (χ0) is 11.6. The zero-order valence-corrected chi connectivity index (χ0v) is 10.6. The number of hydrogen-bond acceptors (Lipinski definition) is 0. The molecular weight excluding hydrogens is 246 g/mol. The van der Waals surface area contributed by atoms with Crippen molar-refractivity contribution in [1.82, 2.24) is 0 Å². The molecule has 1 fully saturated rings. The molecule has 1 aromatic rings. The maximum atomic E-state index is 13.2. The molecule has 16 heavy (non-hydrogen) atoms. The third-order valence-electron chi connectivity index (χ3n) is 3.52. The molecule has 0 N–H and O–H groups in total. The highest BCUT2D eigenvalue weighted by molar-refractivity contribution is 6.31. The van der Waals surface area contributed by atoms with Crippen LogP contribution in [0.15, 0.2) is 18.2 Å². The normalized spacial score (nSPS) is 18.9. The summed E-state index contributed by atoms with van der Waals surface area (Å²) in [6.45, 7) is 0. The fourth-order valence-corrected chi connectivity index (χ4v) is 3.11. The van der Waals surface area contributed by atoms with Crippen LogP contribution in [0.5, 0.6) is 0 Å². The van der Waals surface area contributed by atoms with Crippen molar-refractivity contribution in [2.24, 2.45) is 5.41 Å². The van der Waals surface area contributed by atoms with Gasteiger partial charge in [-0.15, -0.1) is 11.6 Å². The first-order valence-electron chi connectivity index (χ1n) is 5.65. The van der Waals surface area contributed by atoms with Gasteiger partial charge in [0.05, 0.1) is 0 Å². The van der Waals surface area contributed by atoms with Gasteiger partial charge in [0.2, 0.25) is 0 Å². The molecule has 1 aromatic carbocycles. The van der Waals surface area contributed by atoms with Crippen molar-refractivity contribution in [3.63, 3.8) is 0 Å². The molecule has 1 saturated carbocycles. The van der Waals surface area contributed by atoms with Gasteiger partial charge in [0, 0.05) is 10.9 Å². The van der Waals surface area contributed by atoms with Gasteiger partial charge in [-0.25, -0.2) is 4.39 Å². The van der Waals surface area contributed by atoms with E-state index in [1.54, 1.807) is 6.07 Å². The van der Waals surface area contributed by atoms with E-state index in [9.17, 15) is 4.39 Å². The van der Waals surface area contributed by atoms with E-state index in [1.807, 2.05) is 0 Å². The Kier molecular flexibility index (Phi) is 3.76. The van der Waals surface area contributed by atoms with Gasteiger partial charge in [0.1, 0.15) is 5.82 Å². The minimum Gasteiger partial charge on any atom is -0.207 e. The molecule has 0 spiro atoms. The minimum absolute atomic E-state index is 0.138. The first-order valence-corrected chi connectivity index (χ1v) is 6.56. The van der Waals surface area contributed by atoms with Crippen LogP contribution in [0.25, 0.3) is 0 Å². The lowest BCUT2D eigenvalue weighted by molar-refractivity contribution is 0.340. The molecule has 0 unspecified atom stereocenters. The second-order valence-corrected chi connectivity index (χ2v) is 5.43. The molecule has 2 rings (SSSR count). The quantitative estimate of drug-likeness (QED) is 0.684. The molecule has 3 heteroatoms. The molecular formula is C13H15Cl2F. The van der Waals surface area contributed by atoms with Gasteiger partial charge < -0.3 is 0 Å². The third-order valence-corrected chi connectivity index (χ3v) is 4.46. The average molecular weight is 261 g/mol. The maximum Gasteiger partial charge on any atom is 0.123 e. The van der Waals surface area contributed by atoms with Crippen LogP contribution in [0.4, 0.5) is 4.39 Å². The summed E-state index contributed by atoms with van der Waals surface area (Å²) in [7, 11) is 0. The van der Waals surface area contributed by atoms with E-state index < -0.39 is 0 Å². The van der Waals surface area contributed by atoms with Crippen molar-refractivity contribution in [3.05, 3.63) is 34.6 Å². The average Bonchev–Trinajstić information content (AvgIpc) is 2.73. The Bertz CT molecular complexity index is 370. The SMILES string of the molecule is Fc1ccc(Cl)c(CC2(CCl)CCCC2)c1. The minimum atomic E-state index is -0.220. The summed E-state index contributed by atoms with van der Waals surface area (Å²) in [5, 5.41) is 0.651. The van der Waals surface area contributed by atoms with E-state index in [2.05, 4.69) is 0 Å². The van der Waals surface area contributed by atoms with Crippen LogP contribution < -0.4 is 0 Å². The van der Waals surface area contributed by atoms with Crippen molar-refractivity contribution in [3.8, 4) is 0 Å². The summed E-state index contributed by atoms with van der Waals surface area (Å²) in [6.07, 6.45) is 5.50. The van der Waals surface area contributed by atoms with Gasteiger partial charge in [0.25, 0.3) is 0 Å². The Balaban J connectivity index is 2.21. The summed E-state index contributed by atoms with van der Waals surface area (Å²) >= 11 is 12.2. The van der Waals surface area contributed by atoms with Crippen LogP contribution in [-0.4, -0.2) is 5.88 Å². The molecule has 0 amide bonds. The lowest BCUT2D eigenvalue weighted by Crippen LogP contribution is -2.21. The van der Waals surface area contributed by atoms with Gasteiger partial charge >= 0.3 is 0 Å². The van der Waals surface area contributed by atoms with E-state index in [0.717, 1.165) is 24.8 Å². The van der Waals surface area contributed by atoms with E-state index in [4.69, 9.17) is 23.2 Å². The molecule has 0 atom stereocenters. The number of alkyl halides is 1. The molecule has 0 heterocycles. The van der Waals surface area contributed by atoms with Crippen molar-refractivity contribution in [2.75, 3.05) is 5.88 Å². The number of rotatable bonds is 3. The number of benzene rings is 1. The summed E-state index contributed by atoms with van der Waals surface area (Å²) in [5.74, 6) is 0.418. The van der Waals surface area contributed by atoms with Gasteiger partial charge in [-0.1, -0.05) is 24.4 Å². The number of hydrogen-bond donors (Lipinski definition) is 0. The van der Waals surface area contributed by atoms with Gasteiger partial charge in [-0.2, -0.15) is 0 Å². The summed E-state index contributed by atoms with van der Waals surface area (Å²) in [5.41, 5.74) is 1.03. The van der Waals surface area contributed by atoms with E-state index in [-0.39, 0.29) is 11.2 Å². The molecule has 0 aromatic heterocycles. The predicted molar refractivity (Wildman–Crippen MR) is 66.7 cm³/mol. The predicted octanol–water partition coefficient (Wildman–Crippen LogP) is 4.82. The summed E-state index contributed by atoms with van der Waals surface area (Å²) in [6, 6.07) is 4.56. The first-order chi connectivity index (χ1) is 7.65. The topological polar surface area (TPSA) is 0 Å². The fraction of sp³-hybridized carbons (Fsp3) is 0.538. The first kappa shape index (κ1) is 12.2. The largest absolute Gasteiger partial charge is 0.207 e. The van der Waals surface area contributed by atoms with Gasteiger partial charge in [0.15, 0.2) is 0 Å². The fourth-order valence-electron chi connectivity index (χ4n) is 2.57. The molecule has 1 aliphatic carbocycles. The van der Waals surface area contributed by atoms with Crippen LogP contribution >= 0.6 is 23.2 Å². The van der Waals surface area contributed by atoms with E-state index >= 15 is 0 Å². The smallest absolute Gasteiger partial charge is 0.123 e. The van der Waals surface area contributed by atoms with Crippen LogP contribution in [0.2, 0.25) is 5.02 Å². The van der Waals surface area contributed by atoms with Crippen molar-refractivity contribution < 1.29 is 4.39 Å². The lowest BCUT2D eigenvalue weighted by Gasteiger charge is -2.26. The molecule has 0 nitrogen and oxygen atoms in total. The number of halogens is 3. The molecule has 0 aliphatic heterocycles. The Morgan fingerprint density at radius 3 is 2.56 bits per heavy atom. The Hall–Kier alpha value is -0.270. The summed E-state index contributed by atoms with van der Waals surface area (Å²) in [4.78, 5) is 0. The maximum absolute atomic E-state index is 13.2. The Labute approximate surface area is 106 Å².